The smallest absolute Gasteiger partial charge is 0.360 e. The monoisotopic (exact) mass is 223 g/mol. The lowest BCUT2D eigenvalue weighted by Gasteiger charge is -2.32. The molecule has 2 rings (SSSR count). The zero-order chi connectivity index (χ0) is 11.7. The first-order valence-corrected chi connectivity index (χ1v) is 5.55. The number of imidazole rings is 1. The predicted octanol–water partition coefficient (Wildman–Crippen LogP) is 1.61. The maximum Gasteiger partial charge on any atom is 0.360 e. The van der Waals surface area contributed by atoms with Crippen molar-refractivity contribution in [3.05, 3.63) is 12.0 Å². The van der Waals surface area contributed by atoms with E-state index in [1.165, 1.54) is 26.4 Å². The molecule has 5 nitrogen and oxygen atoms in total. The van der Waals surface area contributed by atoms with Crippen LogP contribution in [0, 0.1) is 5.92 Å². The number of nitrogens with zero attached hydrogens (tertiary/aromatic N) is 2. The number of nitrogens with two attached hydrogens (primary N) is 1. The molecule has 1 saturated carbocycles. The predicted molar refractivity (Wildman–Crippen MR) is 60.0 cm³/mol. The Kier molecular flexibility index (Phi) is 2.85. The normalized spacial score (nSPS) is 17.9. The van der Waals surface area contributed by atoms with E-state index in [1.807, 2.05) is 4.57 Å². The van der Waals surface area contributed by atoms with Gasteiger partial charge < -0.3 is 15.0 Å². The van der Waals surface area contributed by atoms with Gasteiger partial charge in [-0.3, -0.25) is 0 Å². The van der Waals surface area contributed by atoms with E-state index in [0.717, 1.165) is 0 Å². The maximum absolute atomic E-state index is 11.3. The zero-order valence-electron chi connectivity index (χ0n) is 9.64. The molecule has 1 fully saturated rings. The lowest BCUT2D eigenvalue weighted by Crippen LogP contribution is -2.23. The Labute approximate surface area is 94.6 Å². The molecule has 16 heavy (non-hydrogen) atoms. The Morgan fingerprint density at radius 3 is 2.88 bits per heavy atom. The van der Waals surface area contributed by atoms with Crippen LogP contribution in [0.4, 0.5) is 5.82 Å². The fraction of sp³-hybridized carbons (Fsp3) is 0.636. The van der Waals surface area contributed by atoms with E-state index in [4.69, 9.17) is 5.73 Å². The van der Waals surface area contributed by atoms with Gasteiger partial charge >= 0.3 is 5.97 Å². The molecule has 1 aliphatic carbocycles. The summed E-state index contributed by atoms with van der Waals surface area (Å²) >= 11 is 0. The minimum Gasteiger partial charge on any atom is -0.464 e. The number of hydrogen-bond acceptors (Lipinski definition) is 4. The fourth-order valence-corrected chi connectivity index (χ4v) is 2.10. The van der Waals surface area contributed by atoms with Crippen molar-refractivity contribution >= 4 is 11.8 Å². The molecule has 2 N–H and O–H groups in total. The first-order valence-electron chi connectivity index (χ1n) is 5.55. The molecule has 0 bridgehead atoms. The minimum absolute atomic E-state index is 0.216. The Hall–Kier alpha value is -1.52. The van der Waals surface area contributed by atoms with Crippen molar-refractivity contribution in [3.8, 4) is 0 Å². The third-order valence-corrected chi connectivity index (χ3v) is 3.48. The summed E-state index contributed by atoms with van der Waals surface area (Å²) in [6.07, 6.45) is 5.37. The SMILES string of the molecule is COC(=O)c1ncn(C(C)C2CCC2)c1N. The molecule has 88 valence electrons. The van der Waals surface area contributed by atoms with Crippen molar-refractivity contribution in [1.82, 2.24) is 9.55 Å². The van der Waals surface area contributed by atoms with E-state index in [9.17, 15) is 4.79 Å². The maximum atomic E-state index is 11.3. The van der Waals surface area contributed by atoms with E-state index in [-0.39, 0.29) is 5.69 Å². The number of rotatable bonds is 3. The molecule has 1 unspecified atom stereocenters. The van der Waals surface area contributed by atoms with E-state index in [0.29, 0.717) is 17.8 Å². The third-order valence-electron chi connectivity index (χ3n) is 3.48. The highest BCUT2D eigenvalue weighted by atomic mass is 16.5. The van der Waals surface area contributed by atoms with Crippen LogP contribution in [-0.2, 0) is 4.74 Å². The number of hydrogen-bond donors (Lipinski definition) is 1. The van der Waals surface area contributed by atoms with Crippen LogP contribution in [0.3, 0.4) is 0 Å². The Morgan fingerprint density at radius 2 is 2.38 bits per heavy atom. The standard InChI is InChI=1S/C11H17N3O2/c1-7(8-4-3-5-8)14-6-13-9(10(14)12)11(15)16-2/h6-8H,3-5,12H2,1-2H3. The van der Waals surface area contributed by atoms with E-state index >= 15 is 0 Å². The van der Waals surface area contributed by atoms with Gasteiger partial charge in [-0.05, 0) is 25.7 Å². The van der Waals surface area contributed by atoms with Crippen molar-refractivity contribution in [2.45, 2.75) is 32.2 Å². The summed E-state index contributed by atoms with van der Waals surface area (Å²) in [5, 5.41) is 0. The number of aromatic nitrogens is 2. The molecule has 1 atom stereocenters. The summed E-state index contributed by atoms with van der Waals surface area (Å²) in [6.45, 7) is 2.11. The number of carbonyl (C=O) groups is 1. The molecule has 1 aromatic rings. The number of nitrogen functional groups attached to an aromatic ring is 1. The highest BCUT2D eigenvalue weighted by Gasteiger charge is 2.27. The van der Waals surface area contributed by atoms with Gasteiger partial charge in [-0.25, -0.2) is 9.78 Å². The Morgan fingerprint density at radius 1 is 1.69 bits per heavy atom. The number of esters is 1. The molecule has 1 heterocycles. The molecule has 5 heteroatoms. The highest BCUT2D eigenvalue weighted by Crippen LogP contribution is 2.37. The molecule has 0 radical (unpaired) electrons. The van der Waals surface area contributed by atoms with Crippen molar-refractivity contribution in [2.75, 3.05) is 12.8 Å². The molecule has 0 spiro atoms. The van der Waals surface area contributed by atoms with Crippen LogP contribution < -0.4 is 5.73 Å². The van der Waals surface area contributed by atoms with Crippen molar-refractivity contribution in [1.29, 1.82) is 0 Å². The summed E-state index contributed by atoms with van der Waals surface area (Å²) in [7, 11) is 1.33. The van der Waals surface area contributed by atoms with Crippen LogP contribution in [0.15, 0.2) is 6.33 Å². The number of carbonyl (C=O) groups excluding carboxylic acids is 1. The summed E-state index contributed by atoms with van der Waals surface area (Å²) in [5.74, 6) is 0.588. The van der Waals surface area contributed by atoms with Gasteiger partial charge in [0.05, 0.1) is 13.4 Å². The van der Waals surface area contributed by atoms with E-state index in [1.54, 1.807) is 6.33 Å². The van der Waals surface area contributed by atoms with Crippen LogP contribution in [0.2, 0.25) is 0 Å². The van der Waals surface area contributed by atoms with Crippen LogP contribution in [0.1, 0.15) is 42.7 Å². The zero-order valence-corrected chi connectivity index (χ0v) is 9.64. The quantitative estimate of drug-likeness (QED) is 0.790. The molecule has 0 aliphatic heterocycles. The van der Waals surface area contributed by atoms with Gasteiger partial charge in [0.2, 0.25) is 0 Å². The van der Waals surface area contributed by atoms with Crippen molar-refractivity contribution in [3.63, 3.8) is 0 Å². The summed E-state index contributed by atoms with van der Waals surface area (Å²) in [6, 6.07) is 0.305. The molecule has 1 aromatic heterocycles. The molecule has 0 saturated heterocycles. The third kappa shape index (κ3) is 1.66. The van der Waals surface area contributed by atoms with Gasteiger partial charge in [-0.15, -0.1) is 0 Å². The van der Waals surface area contributed by atoms with E-state index < -0.39 is 5.97 Å². The van der Waals surface area contributed by atoms with E-state index in [2.05, 4.69) is 16.6 Å². The summed E-state index contributed by atoms with van der Waals surface area (Å²) in [4.78, 5) is 15.4. The average Bonchev–Trinajstić information content (AvgIpc) is 2.56. The van der Waals surface area contributed by atoms with Gasteiger partial charge in [0.1, 0.15) is 5.82 Å². The summed E-state index contributed by atoms with van der Waals surface area (Å²) in [5.41, 5.74) is 6.11. The Balaban J connectivity index is 2.21. The average molecular weight is 223 g/mol. The van der Waals surface area contributed by atoms with Gasteiger partial charge in [0.25, 0.3) is 0 Å². The van der Waals surface area contributed by atoms with Gasteiger partial charge in [0.15, 0.2) is 5.69 Å². The molecular weight excluding hydrogens is 206 g/mol. The van der Waals surface area contributed by atoms with Crippen LogP contribution >= 0.6 is 0 Å². The Bertz CT molecular complexity index is 396. The van der Waals surface area contributed by atoms with Gasteiger partial charge in [-0.1, -0.05) is 6.42 Å². The lowest BCUT2D eigenvalue weighted by atomic mass is 9.80. The first kappa shape index (κ1) is 11.0. The second-order valence-electron chi connectivity index (χ2n) is 4.31. The van der Waals surface area contributed by atoms with Crippen molar-refractivity contribution in [2.24, 2.45) is 5.92 Å². The molecule has 0 aromatic carbocycles. The number of anilines is 1. The fourth-order valence-electron chi connectivity index (χ4n) is 2.10. The lowest BCUT2D eigenvalue weighted by molar-refractivity contribution is 0.0596. The highest BCUT2D eigenvalue weighted by molar-refractivity contribution is 5.92. The number of ether oxygens (including phenoxy) is 1. The van der Waals surface area contributed by atoms with Gasteiger partial charge in [0, 0.05) is 6.04 Å². The molecule has 0 amide bonds. The summed E-state index contributed by atoms with van der Waals surface area (Å²) < 4.78 is 6.49. The largest absolute Gasteiger partial charge is 0.464 e. The molecule has 1 aliphatic rings. The van der Waals surface area contributed by atoms with Crippen LogP contribution in [-0.4, -0.2) is 22.6 Å². The van der Waals surface area contributed by atoms with Gasteiger partial charge in [-0.2, -0.15) is 0 Å². The van der Waals surface area contributed by atoms with Crippen molar-refractivity contribution < 1.29 is 9.53 Å². The second kappa shape index (κ2) is 4.15. The second-order valence-corrected chi connectivity index (χ2v) is 4.31. The topological polar surface area (TPSA) is 70.1 Å². The molecular formula is C11H17N3O2. The van der Waals surface area contributed by atoms with Crippen LogP contribution in [0.25, 0.3) is 0 Å². The number of methoxy groups -OCH3 is 1. The van der Waals surface area contributed by atoms with Crippen LogP contribution in [0.5, 0.6) is 0 Å². The first-order chi connectivity index (χ1) is 7.65. The minimum atomic E-state index is -0.475.